The lowest BCUT2D eigenvalue weighted by molar-refractivity contribution is 0.0705. The van der Waals surface area contributed by atoms with Crippen molar-refractivity contribution in [2.75, 3.05) is 13.1 Å². The van der Waals surface area contributed by atoms with Crippen LogP contribution in [0.3, 0.4) is 0 Å². The number of amides is 1. The van der Waals surface area contributed by atoms with Crippen LogP contribution in [0.2, 0.25) is 0 Å². The first kappa shape index (κ1) is 19.2. The van der Waals surface area contributed by atoms with Gasteiger partial charge in [0.25, 0.3) is 5.91 Å². The van der Waals surface area contributed by atoms with Gasteiger partial charge in [0.05, 0.1) is 0 Å². The highest BCUT2D eigenvalue weighted by atomic mass is 19.1. The van der Waals surface area contributed by atoms with E-state index in [2.05, 4.69) is 11.1 Å². The van der Waals surface area contributed by atoms with Crippen LogP contribution < -0.4 is 0 Å². The summed E-state index contributed by atoms with van der Waals surface area (Å²) in [5, 5.41) is 0. The SMILES string of the molecule is Cc1cc(Cc2ccccc2F)cc(C2CCCN(C(=O)c3ccncc3)C2)n1. The van der Waals surface area contributed by atoms with Gasteiger partial charge in [0.2, 0.25) is 0 Å². The van der Waals surface area contributed by atoms with E-state index >= 15 is 0 Å². The zero-order chi connectivity index (χ0) is 20.2. The highest BCUT2D eigenvalue weighted by Crippen LogP contribution is 2.28. The molecule has 1 saturated heterocycles. The third kappa shape index (κ3) is 4.50. The number of halogens is 1. The molecule has 0 spiro atoms. The third-order valence-corrected chi connectivity index (χ3v) is 5.44. The highest BCUT2D eigenvalue weighted by Gasteiger charge is 2.26. The summed E-state index contributed by atoms with van der Waals surface area (Å²) in [6.07, 6.45) is 5.77. The first-order chi connectivity index (χ1) is 14.1. The summed E-state index contributed by atoms with van der Waals surface area (Å²) in [6, 6.07) is 14.5. The zero-order valence-corrected chi connectivity index (χ0v) is 16.5. The number of pyridine rings is 2. The Morgan fingerprint density at radius 1 is 1.17 bits per heavy atom. The van der Waals surface area contributed by atoms with Crippen LogP contribution in [-0.4, -0.2) is 33.9 Å². The summed E-state index contributed by atoms with van der Waals surface area (Å²) in [7, 11) is 0. The second-order valence-electron chi connectivity index (χ2n) is 7.64. The van der Waals surface area contributed by atoms with Crippen molar-refractivity contribution in [1.82, 2.24) is 14.9 Å². The van der Waals surface area contributed by atoms with Gasteiger partial charge in [-0.05, 0) is 61.2 Å². The fraction of sp³-hybridized carbons (Fsp3) is 0.292. The Labute approximate surface area is 170 Å². The molecule has 2 aromatic heterocycles. The first-order valence-electron chi connectivity index (χ1n) is 10.0. The minimum atomic E-state index is -0.185. The van der Waals surface area contributed by atoms with E-state index in [0.717, 1.165) is 36.3 Å². The van der Waals surface area contributed by atoms with E-state index < -0.39 is 0 Å². The molecule has 3 heterocycles. The standard InChI is InChI=1S/C24H24FN3O/c1-17-13-18(14-20-5-2-3-7-22(20)25)15-23(27-17)21-6-4-12-28(16-21)24(29)19-8-10-26-11-9-19/h2-3,5,7-11,13,15,21H,4,6,12,14,16H2,1H3. The number of rotatable bonds is 4. The van der Waals surface area contributed by atoms with Crippen LogP contribution in [0.15, 0.2) is 60.9 Å². The van der Waals surface area contributed by atoms with Gasteiger partial charge in [0, 0.05) is 54.8 Å². The van der Waals surface area contributed by atoms with Gasteiger partial charge in [0.1, 0.15) is 5.82 Å². The van der Waals surface area contributed by atoms with E-state index in [9.17, 15) is 9.18 Å². The molecule has 0 radical (unpaired) electrons. The monoisotopic (exact) mass is 389 g/mol. The van der Waals surface area contributed by atoms with Gasteiger partial charge in [-0.3, -0.25) is 14.8 Å². The van der Waals surface area contributed by atoms with E-state index in [-0.39, 0.29) is 17.6 Å². The molecule has 0 saturated carbocycles. The maximum atomic E-state index is 14.1. The summed E-state index contributed by atoms with van der Waals surface area (Å²) in [5.74, 6) is 0.0421. The van der Waals surface area contributed by atoms with Crippen molar-refractivity contribution in [2.24, 2.45) is 0 Å². The van der Waals surface area contributed by atoms with Gasteiger partial charge in [-0.1, -0.05) is 18.2 Å². The zero-order valence-electron chi connectivity index (χ0n) is 16.5. The quantitative estimate of drug-likeness (QED) is 0.658. The van der Waals surface area contributed by atoms with Crippen molar-refractivity contribution in [2.45, 2.75) is 32.1 Å². The topological polar surface area (TPSA) is 46.1 Å². The van der Waals surface area contributed by atoms with Crippen LogP contribution in [0.5, 0.6) is 0 Å². The number of aryl methyl sites for hydroxylation is 1. The lowest BCUT2D eigenvalue weighted by Crippen LogP contribution is -2.39. The van der Waals surface area contributed by atoms with Gasteiger partial charge in [-0.2, -0.15) is 0 Å². The molecule has 3 aromatic rings. The number of hydrogen-bond acceptors (Lipinski definition) is 3. The number of aromatic nitrogens is 2. The molecule has 29 heavy (non-hydrogen) atoms. The lowest BCUT2D eigenvalue weighted by Gasteiger charge is -2.33. The fourth-order valence-electron chi connectivity index (χ4n) is 4.02. The number of likely N-dealkylation sites (tertiary alicyclic amines) is 1. The number of benzene rings is 1. The predicted octanol–water partition coefficient (Wildman–Crippen LogP) is 4.53. The number of hydrogen-bond donors (Lipinski definition) is 0. The average molecular weight is 389 g/mol. The Morgan fingerprint density at radius 2 is 1.97 bits per heavy atom. The Balaban J connectivity index is 1.54. The average Bonchev–Trinajstić information content (AvgIpc) is 2.75. The maximum Gasteiger partial charge on any atom is 0.253 e. The van der Waals surface area contributed by atoms with E-state index in [1.54, 1.807) is 30.6 Å². The smallest absolute Gasteiger partial charge is 0.253 e. The molecule has 1 aliphatic heterocycles. The third-order valence-electron chi connectivity index (χ3n) is 5.44. The molecule has 1 fully saturated rings. The molecule has 5 heteroatoms. The highest BCUT2D eigenvalue weighted by molar-refractivity contribution is 5.94. The molecule has 4 rings (SSSR count). The molecule has 0 N–H and O–H groups in total. The molecule has 1 aliphatic rings. The van der Waals surface area contributed by atoms with Crippen molar-refractivity contribution < 1.29 is 9.18 Å². The van der Waals surface area contributed by atoms with Crippen molar-refractivity contribution >= 4 is 5.91 Å². The minimum absolute atomic E-state index is 0.0383. The van der Waals surface area contributed by atoms with Crippen molar-refractivity contribution in [3.05, 3.63) is 94.8 Å². The van der Waals surface area contributed by atoms with Gasteiger partial charge in [-0.15, -0.1) is 0 Å². The largest absolute Gasteiger partial charge is 0.338 e. The molecule has 1 unspecified atom stereocenters. The number of carbonyl (C=O) groups is 1. The van der Waals surface area contributed by atoms with Crippen molar-refractivity contribution in [3.8, 4) is 0 Å². The summed E-state index contributed by atoms with van der Waals surface area (Å²) in [6.45, 7) is 3.37. The summed E-state index contributed by atoms with van der Waals surface area (Å²) in [5.41, 5.74) is 4.31. The first-order valence-corrected chi connectivity index (χ1v) is 10.0. The van der Waals surface area contributed by atoms with Crippen LogP contribution in [0.1, 0.15) is 51.6 Å². The van der Waals surface area contributed by atoms with Crippen LogP contribution in [0, 0.1) is 12.7 Å². The van der Waals surface area contributed by atoms with Crippen LogP contribution in [0.4, 0.5) is 4.39 Å². The predicted molar refractivity (Wildman–Crippen MR) is 110 cm³/mol. The van der Waals surface area contributed by atoms with Crippen molar-refractivity contribution in [1.29, 1.82) is 0 Å². The summed E-state index contributed by atoms with van der Waals surface area (Å²) < 4.78 is 14.1. The molecule has 1 aromatic carbocycles. The van der Waals surface area contributed by atoms with E-state index in [4.69, 9.17) is 4.98 Å². The molecule has 1 amide bonds. The second-order valence-corrected chi connectivity index (χ2v) is 7.64. The second kappa shape index (κ2) is 8.52. The Morgan fingerprint density at radius 3 is 2.76 bits per heavy atom. The van der Waals surface area contributed by atoms with Crippen LogP contribution >= 0.6 is 0 Å². The Kier molecular flexibility index (Phi) is 5.65. The number of piperidine rings is 1. The Hall–Kier alpha value is -3.08. The van der Waals surface area contributed by atoms with E-state index in [1.807, 2.05) is 30.0 Å². The maximum absolute atomic E-state index is 14.1. The minimum Gasteiger partial charge on any atom is -0.338 e. The number of carbonyl (C=O) groups excluding carboxylic acids is 1. The molecule has 148 valence electrons. The van der Waals surface area contributed by atoms with Gasteiger partial charge < -0.3 is 4.90 Å². The summed E-state index contributed by atoms with van der Waals surface area (Å²) in [4.78, 5) is 23.5. The van der Waals surface area contributed by atoms with Gasteiger partial charge in [-0.25, -0.2) is 4.39 Å². The van der Waals surface area contributed by atoms with Gasteiger partial charge in [0.15, 0.2) is 0 Å². The van der Waals surface area contributed by atoms with Crippen LogP contribution in [0.25, 0.3) is 0 Å². The molecular weight excluding hydrogens is 365 g/mol. The van der Waals surface area contributed by atoms with Crippen LogP contribution in [-0.2, 0) is 6.42 Å². The molecule has 1 atom stereocenters. The molecule has 0 aliphatic carbocycles. The fourth-order valence-corrected chi connectivity index (χ4v) is 4.02. The normalized spacial score (nSPS) is 16.6. The lowest BCUT2D eigenvalue weighted by atomic mass is 9.92. The van der Waals surface area contributed by atoms with E-state index in [1.165, 1.54) is 6.07 Å². The molecular formula is C24H24FN3O. The molecule has 0 bridgehead atoms. The number of nitrogens with zero attached hydrogens (tertiary/aromatic N) is 3. The van der Waals surface area contributed by atoms with E-state index in [0.29, 0.717) is 24.1 Å². The summed E-state index contributed by atoms with van der Waals surface area (Å²) >= 11 is 0. The molecule has 4 nitrogen and oxygen atoms in total. The van der Waals surface area contributed by atoms with Crippen molar-refractivity contribution in [3.63, 3.8) is 0 Å². The van der Waals surface area contributed by atoms with Gasteiger partial charge >= 0.3 is 0 Å². The Bertz CT molecular complexity index is 1010.